The second kappa shape index (κ2) is 5.67. The Balaban J connectivity index is 2.36. The second-order valence-electron chi connectivity index (χ2n) is 4.07. The predicted octanol–water partition coefficient (Wildman–Crippen LogP) is 3.44. The Morgan fingerprint density at radius 3 is 2.42 bits per heavy atom. The summed E-state index contributed by atoms with van der Waals surface area (Å²) in [6.07, 6.45) is 0. The van der Waals surface area contributed by atoms with Crippen LogP contribution in [0.15, 0.2) is 36.4 Å². The highest BCUT2D eigenvalue weighted by Crippen LogP contribution is 2.27. The third-order valence-electron chi connectivity index (χ3n) is 2.64. The van der Waals surface area contributed by atoms with Crippen molar-refractivity contribution < 1.29 is 13.5 Å². The molecule has 0 spiro atoms. The number of nitrogen functional groups attached to an aromatic ring is 1. The zero-order valence-corrected chi connectivity index (χ0v) is 10.4. The van der Waals surface area contributed by atoms with E-state index in [9.17, 15) is 8.78 Å². The smallest absolute Gasteiger partial charge is 0.151 e. The average molecular weight is 264 g/mol. The third-order valence-corrected chi connectivity index (χ3v) is 2.64. The molecule has 0 saturated carbocycles. The molecule has 0 fully saturated rings. The van der Waals surface area contributed by atoms with Crippen molar-refractivity contribution in [3.8, 4) is 0 Å². The first kappa shape index (κ1) is 13.3. The molecule has 2 aromatic carbocycles. The van der Waals surface area contributed by atoms with Gasteiger partial charge in [0.1, 0.15) is 5.69 Å². The first-order chi connectivity index (χ1) is 9.11. The Morgan fingerprint density at radius 1 is 1.16 bits per heavy atom. The van der Waals surface area contributed by atoms with Gasteiger partial charge in [0.05, 0.1) is 6.61 Å². The number of nitrogens with one attached hydrogen (secondary N) is 1. The second-order valence-corrected chi connectivity index (χ2v) is 4.07. The number of halogens is 2. The van der Waals surface area contributed by atoms with E-state index in [-0.39, 0.29) is 11.4 Å². The number of benzene rings is 2. The molecule has 0 atom stereocenters. The van der Waals surface area contributed by atoms with Crippen LogP contribution in [0.5, 0.6) is 0 Å². The number of hydrogen-bond acceptors (Lipinski definition) is 3. The number of methoxy groups -OCH3 is 1. The van der Waals surface area contributed by atoms with E-state index in [1.165, 1.54) is 0 Å². The van der Waals surface area contributed by atoms with Crippen LogP contribution >= 0.6 is 0 Å². The molecule has 0 aliphatic carbocycles. The summed E-state index contributed by atoms with van der Waals surface area (Å²) in [6.45, 7) is 0.349. The molecule has 0 aliphatic heterocycles. The van der Waals surface area contributed by atoms with Crippen LogP contribution in [0.4, 0.5) is 25.8 Å². The van der Waals surface area contributed by atoms with E-state index in [1.54, 1.807) is 19.2 Å². The molecule has 2 aromatic rings. The van der Waals surface area contributed by atoms with Crippen molar-refractivity contribution in [2.45, 2.75) is 6.61 Å². The summed E-state index contributed by atoms with van der Waals surface area (Å²) in [6, 6.07) is 9.29. The number of ether oxygens (including phenoxy) is 1. The molecular formula is C14H14F2N2O. The molecule has 0 amide bonds. The standard InChI is InChI=1S/C14H14F2N2O/c1-19-8-9-4-2-3-5-13(9)18-14-11(15)6-10(17)7-12(14)16/h2-7,18H,8,17H2,1H3. The van der Waals surface area contributed by atoms with Crippen molar-refractivity contribution in [3.63, 3.8) is 0 Å². The van der Waals surface area contributed by atoms with Crippen molar-refractivity contribution in [3.05, 3.63) is 53.6 Å². The minimum Gasteiger partial charge on any atom is -0.399 e. The van der Waals surface area contributed by atoms with Gasteiger partial charge < -0.3 is 15.8 Å². The van der Waals surface area contributed by atoms with E-state index in [0.29, 0.717) is 12.3 Å². The van der Waals surface area contributed by atoms with Crippen LogP contribution in [0.1, 0.15) is 5.56 Å². The average Bonchev–Trinajstić information content (AvgIpc) is 2.36. The zero-order chi connectivity index (χ0) is 13.8. The summed E-state index contributed by atoms with van der Waals surface area (Å²) in [7, 11) is 1.56. The molecule has 2 rings (SSSR count). The maximum atomic E-state index is 13.7. The van der Waals surface area contributed by atoms with Crippen LogP contribution in [0.2, 0.25) is 0 Å². The normalized spacial score (nSPS) is 10.5. The SMILES string of the molecule is COCc1ccccc1Nc1c(F)cc(N)cc1F. The summed E-state index contributed by atoms with van der Waals surface area (Å²) >= 11 is 0. The Kier molecular flexibility index (Phi) is 3.97. The lowest BCUT2D eigenvalue weighted by molar-refractivity contribution is 0.185. The largest absolute Gasteiger partial charge is 0.399 e. The quantitative estimate of drug-likeness (QED) is 0.832. The highest BCUT2D eigenvalue weighted by atomic mass is 19.1. The lowest BCUT2D eigenvalue weighted by Crippen LogP contribution is -2.02. The molecule has 0 aromatic heterocycles. The minimum atomic E-state index is -0.732. The van der Waals surface area contributed by atoms with Gasteiger partial charge in [0.25, 0.3) is 0 Å². The van der Waals surface area contributed by atoms with Gasteiger partial charge in [-0.1, -0.05) is 18.2 Å². The summed E-state index contributed by atoms with van der Waals surface area (Å²) in [5.74, 6) is -1.46. The van der Waals surface area contributed by atoms with Gasteiger partial charge in [-0.3, -0.25) is 0 Å². The molecule has 100 valence electrons. The van der Waals surface area contributed by atoms with Crippen molar-refractivity contribution in [2.75, 3.05) is 18.2 Å². The van der Waals surface area contributed by atoms with Crippen molar-refractivity contribution in [1.29, 1.82) is 0 Å². The van der Waals surface area contributed by atoms with Gasteiger partial charge in [-0.05, 0) is 18.2 Å². The van der Waals surface area contributed by atoms with E-state index in [1.807, 2.05) is 12.1 Å². The molecule has 0 heterocycles. The van der Waals surface area contributed by atoms with Gasteiger partial charge in [0.2, 0.25) is 0 Å². The van der Waals surface area contributed by atoms with Crippen molar-refractivity contribution in [2.24, 2.45) is 0 Å². The minimum absolute atomic E-state index is 0.0470. The van der Waals surface area contributed by atoms with Gasteiger partial charge in [-0.15, -0.1) is 0 Å². The monoisotopic (exact) mass is 264 g/mol. The van der Waals surface area contributed by atoms with Crippen LogP contribution in [0.3, 0.4) is 0 Å². The summed E-state index contributed by atoms with van der Waals surface area (Å²) in [5.41, 5.74) is 6.59. The van der Waals surface area contributed by atoms with Crippen molar-refractivity contribution >= 4 is 17.1 Å². The summed E-state index contributed by atoms with van der Waals surface area (Å²) < 4.78 is 32.4. The van der Waals surface area contributed by atoms with Crippen LogP contribution in [-0.4, -0.2) is 7.11 Å². The summed E-state index contributed by atoms with van der Waals surface area (Å²) in [5, 5.41) is 2.74. The third kappa shape index (κ3) is 3.00. The van der Waals surface area contributed by atoms with E-state index < -0.39 is 11.6 Å². The first-order valence-corrected chi connectivity index (χ1v) is 5.70. The fourth-order valence-corrected chi connectivity index (χ4v) is 1.77. The zero-order valence-electron chi connectivity index (χ0n) is 10.4. The Bertz CT molecular complexity index is 564. The predicted molar refractivity (Wildman–Crippen MR) is 71.2 cm³/mol. The van der Waals surface area contributed by atoms with E-state index in [4.69, 9.17) is 10.5 Å². The van der Waals surface area contributed by atoms with Gasteiger partial charge in [-0.2, -0.15) is 0 Å². The molecule has 3 nitrogen and oxygen atoms in total. The van der Waals surface area contributed by atoms with Gasteiger partial charge >= 0.3 is 0 Å². The first-order valence-electron chi connectivity index (χ1n) is 5.70. The fourth-order valence-electron chi connectivity index (χ4n) is 1.77. The van der Waals surface area contributed by atoms with Gasteiger partial charge in [-0.25, -0.2) is 8.78 Å². The number of rotatable bonds is 4. The Hall–Kier alpha value is -2.14. The topological polar surface area (TPSA) is 47.3 Å². The van der Waals surface area contributed by atoms with Gasteiger partial charge in [0.15, 0.2) is 11.6 Å². The molecule has 19 heavy (non-hydrogen) atoms. The van der Waals surface area contributed by atoms with E-state index in [0.717, 1.165) is 17.7 Å². The van der Waals surface area contributed by atoms with Gasteiger partial charge in [0, 0.05) is 24.0 Å². The molecular weight excluding hydrogens is 250 g/mol. The molecule has 3 N–H and O–H groups in total. The highest BCUT2D eigenvalue weighted by molar-refractivity contribution is 5.66. The number of para-hydroxylation sites is 1. The maximum absolute atomic E-state index is 13.7. The van der Waals surface area contributed by atoms with Crippen LogP contribution in [0, 0.1) is 11.6 Å². The Labute approximate surface area is 110 Å². The van der Waals surface area contributed by atoms with E-state index in [2.05, 4.69) is 5.32 Å². The molecule has 0 bridgehead atoms. The highest BCUT2D eigenvalue weighted by Gasteiger charge is 2.12. The van der Waals surface area contributed by atoms with Crippen molar-refractivity contribution in [1.82, 2.24) is 0 Å². The number of anilines is 3. The lowest BCUT2D eigenvalue weighted by Gasteiger charge is -2.13. The molecule has 0 aliphatic rings. The van der Waals surface area contributed by atoms with Crippen LogP contribution in [0.25, 0.3) is 0 Å². The maximum Gasteiger partial charge on any atom is 0.151 e. The summed E-state index contributed by atoms with van der Waals surface area (Å²) in [4.78, 5) is 0. The number of hydrogen-bond donors (Lipinski definition) is 2. The Morgan fingerprint density at radius 2 is 1.79 bits per heavy atom. The number of nitrogens with two attached hydrogens (primary N) is 1. The fraction of sp³-hybridized carbons (Fsp3) is 0.143. The van der Waals surface area contributed by atoms with Crippen LogP contribution < -0.4 is 11.1 Å². The lowest BCUT2D eigenvalue weighted by atomic mass is 10.1. The molecule has 5 heteroatoms. The van der Waals surface area contributed by atoms with Crippen LogP contribution in [-0.2, 0) is 11.3 Å². The molecule has 0 unspecified atom stereocenters. The van der Waals surface area contributed by atoms with E-state index >= 15 is 0 Å². The molecule has 0 saturated heterocycles. The molecule has 0 radical (unpaired) electrons.